The van der Waals surface area contributed by atoms with Gasteiger partial charge in [0.1, 0.15) is 5.69 Å². The molecule has 5 nitrogen and oxygen atoms in total. The third-order valence-electron chi connectivity index (χ3n) is 4.85. The molecule has 1 aromatic heterocycles. The first kappa shape index (κ1) is 15.7. The molecule has 1 saturated heterocycles. The van der Waals surface area contributed by atoms with Gasteiger partial charge < -0.3 is 10.0 Å². The molecule has 2 heterocycles. The van der Waals surface area contributed by atoms with E-state index in [2.05, 4.69) is 40.3 Å². The Morgan fingerprint density at radius 2 is 1.96 bits per heavy atom. The first-order valence-corrected chi connectivity index (χ1v) is 8.44. The number of hydrogen-bond donors (Lipinski definition) is 1. The van der Waals surface area contributed by atoms with Gasteiger partial charge in [-0.3, -0.25) is 9.78 Å². The third-order valence-corrected chi connectivity index (χ3v) is 4.85. The first-order valence-electron chi connectivity index (χ1n) is 8.44. The highest BCUT2D eigenvalue weighted by Gasteiger charge is 2.32. The van der Waals surface area contributed by atoms with Crippen molar-refractivity contribution in [2.24, 2.45) is 0 Å². The maximum absolute atomic E-state index is 12.5. The Hall–Kier alpha value is -2.79. The summed E-state index contributed by atoms with van der Waals surface area (Å²) in [6, 6.07) is 14.5. The summed E-state index contributed by atoms with van der Waals surface area (Å²) in [5.41, 5.74) is 1.44. The summed E-state index contributed by atoms with van der Waals surface area (Å²) >= 11 is 0. The van der Waals surface area contributed by atoms with Crippen molar-refractivity contribution in [1.29, 1.82) is 0 Å². The van der Waals surface area contributed by atoms with Gasteiger partial charge in [0, 0.05) is 31.4 Å². The highest BCUT2D eigenvalue weighted by atomic mass is 16.3. The summed E-state index contributed by atoms with van der Waals surface area (Å²) in [6.07, 6.45) is 4.65. The monoisotopic (exact) mass is 333 g/mol. The van der Waals surface area contributed by atoms with Crippen LogP contribution in [-0.2, 0) is 0 Å². The molecule has 0 saturated carbocycles. The summed E-state index contributed by atoms with van der Waals surface area (Å²) < 4.78 is 0. The van der Waals surface area contributed by atoms with Gasteiger partial charge in [0.25, 0.3) is 5.91 Å². The van der Waals surface area contributed by atoms with Crippen LogP contribution in [-0.4, -0.2) is 45.1 Å². The molecule has 5 heteroatoms. The van der Waals surface area contributed by atoms with Crippen LogP contribution < -0.4 is 0 Å². The van der Waals surface area contributed by atoms with E-state index in [0.29, 0.717) is 18.8 Å². The van der Waals surface area contributed by atoms with Gasteiger partial charge in [-0.05, 0) is 22.8 Å². The minimum atomic E-state index is -0.587. The van der Waals surface area contributed by atoms with E-state index < -0.39 is 6.10 Å². The maximum atomic E-state index is 12.5. The molecule has 2 unspecified atom stereocenters. The van der Waals surface area contributed by atoms with Crippen LogP contribution in [0.2, 0.25) is 0 Å². The summed E-state index contributed by atoms with van der Waals surface area (Å²) in [5, 5.41) is 13.0. The second-order valence-corrected chi connectivity index (χ2v) is 6.41. The maximum Gasteiger partial charge on any atom is 0.274 e. The lowest BCUT2D eigenvalue weighted by atomic mass is 9.86. The second-order valence-electron chi connectivity index (χ2n) is 6.41. The van der Waals surface area contributed by atoms with E-state index >= 15 is 0 Å². The molecule has 0 bridgehead atoms. The molecule has 1 N–H and O–H groups in total. The highest BCUT2D eigenvalue weighted by Crippen LogP contribution is 2.31. The Morgan fingerprint density at radius 3 is 2.72 bits per heavy atom. The molecule has 25 heavy (non-hydrogen) atoms. The number of aliphatic hydroxyl groups is 1. The van der Waals surface area contributed by atoms with E-state index in [1.165, 1.54) is 29.4 Å². The molecule has 1 aliphatic rings. The number of likely N-dealkylation sites (tertiary alicyclic amines) is 1. The quantitative estimate of drug-likeness (QED) is 0.783. The Kier molecular flexibility index (Phi) is 4.15. The summed E-state index contributed by atoms with van der Waals surface area (Å²) in [7, 11) is 0. The molecule has 2 atom stereocenters. The minimum absolute atomic E-state index is 0.0375. The van der Waals surface area contributed by atoms with Crippen LogP contribution in [0.25, 0.3) is 10.8 Å². The zero-order valence-electron chi connectivity index (χ0n) is 13.7. The zero-order chi connectivity index (χ0) is 17.2. The van der Waals surface area contributed by atoms with E-state index in [9.17, 15) is 9.90 Å². The van der Waals surface area contributed by atoms with Gasteiger partial charge in [0.05, 0.1) is 12.3 Å². The molecule has 0 radical (unpaired) electrons. The number of aliphatic hydroxyl groups excluding tert-OH is 1. The molecule has 0 spiro atoms. The van der Waals surface area contributed by atoms with Crippen molar-refractivity contribution in [3.05, 3.63) is 72.3 Å². The third kappa shape index (κ3) is 3.10. The molecule has 0 aliphatic carbocycles. The predicted octanol–water partition coefficient (Wildman–Crippen LogP) is 2.62. The molecule has 1 amide bonds. The van der Waals surface area contributed by atoms with Gasteiger partial charge in [-0.25, -0.2) is 4.98 Å². The van der Waals surface area contributed by atoms with Gasteiger partial charge in [-0.1, -0.05) is 42.5 Å². The molecular formula is C20H19N3O2. The predicted molar refractivity (Wildman–Crippen MR) is 95.2 cm³/mol. The first-order chi connectivity index (χ1) is 12.2. The normalized spacial score (nSPS) is 20.6. The average Bonchev–Trinajstić information content (AvgIpc) is 2.67. The Balaban J connectivity index is 1.52. The van der Waals surface area contributed by atoms with Crippen LogP contribution in [0.3, 0.4) is 0 Å². The fourth-order valence-electron chi connectivity index (χ4n) is 3.51. The average molecular weight is 333 g/mol. The lowest BCUT2D eigenvalue weighted by Gasteiger charge is -2.36. The van der Waals surface area contributed by atoms with E-state index in [1.807, 2.05) is 12.1 Å². The van der Waals surface area contributed by atoms with Crippen molar-refractivity contribution in [1.82, 2.24) is 14.9 Å². The largest absolute Gasteiger partial charge is 0.391 e. The zero-order valence-corrected chi connectivity index (χ0v) is 13.7. The van der Waals surface area contributed by atoms with Crippen molar-refractivity contribution < 1.29 is 9.90 Å². The highest BCUT2D eigenvalue weighted by molar-refractivity contribution is 5.92. The van der Waals surface area contributed by atoms with Crippen LogP contribution in [0.4, 0.5) is 0 Å². The minimum Gasteiger partial charge on any atom is -0.391 e. The number of amides is 1. The molecule has 126 valence electrons. The topological polar surface area (TPSA) is 66.3 Å². The van der Waals surface area contributed by atoms with Gasteiger partial charge >= 0.3 is 0 Å². The van der Waals surface area contributed by atoms with Gasteiger partial charge in [0.2, 0.25) is 0 Å². The number of rotatable bonds is 2. The lowest BCUT2D eigenvalue weighted by molar-refractivity contribution is 0.0377. The molecule has 3 aromatic rings. The van der Waals surface area contributed by atoms with Crippen molar-refractivity contribution in [3.8, 4) is 0 Å². The molecule has 2 aromatic carbocycles. The number of hydrogen-bond acceptors (Lipinski definition) is 4. The van der Waals surface area contributed by atoms with E-state index in [0.717, 1.165) is 12.0 Å². The summed E-state index contributed by atoms with van der Waals surface area (Å²) in [4.78, 5) is 22.1. The second kappa shape index (κ2) is 6.61. The number of carbonyl (C=O) groups excluding carboxylic acids is 1. The molecular weight excluding hydrogens is 314 g/mol. The van der Waals surface area contributed by atoms with Gasteiger partial charge in [-0.2, -0.15) is 0 Å². The fraction of sp³-hybridized carbons (Fsp3) is 0.250. The summed E-state index contributed by atoms with van der Waals surface area (Å²) in [5.74, 6) is -0.139. The Labute approximate surface area is 146 Å². The van der Waals surface area contributed by atoms with Crippen LogP contribution in [0.5, 0.6) is 0 Å². The van der Waals surface area contributed by atoms with E-state index in [1.54, 1.807) is 4.90 Å². The van der Waals surface area contributed by atoms with Crippen molar-refractivity contribution in [2.45, 2.75) is 18.4 Å². The smallest absolute Gasteiger partial charge is 0.274 e. The lowest BCUT2D eigenvalue weighted by Crippen LogP contribution is -2.46. The number of piperidine rings is 1. The number of benzene rings is 2. The van der Waals surface area contributed by atoms with Crippen molar-refractivity contribution in [2.75, 3.05) is 13.1 Å². The van der Waals surface area contributed by atoms with E-state index in [4.69, 9.17) is 0 Å². The molecule has 1 fully saturated rings. The summed E-state index contributed by atoms with van der Waals surface area (Å²) in [6.45, 7) is 0.914. The Morgan fingerprint density at radius 1 is 1.12 bits per heavy atom. The number of β-amino-alcohol motifs (C(OH)–C–C–N with tert-alkyl or cyclic N) is 1. The van der Waals surface area contributed by atoms with Crippen LogP contribution in [0.15, 0.2) is 61.1 Å². The standard InChI is InChI=1S/C20H19N3O2/c24-19-13-23(20(25)18-12-21-8-9-22-18)10-7-17(19)16-6-5-14-3-1-2-4-15(14)11-16/h1-6,8-9,11-12,17,19,24H,7,10,13H2. The number of fused-ring (bicyclic) bond motifs is 1. The molecule has 4 rings (SSSR count). The van der Waals surface area contributed by atoms with E-state index in [-0.39, 0.29) is 11.8 Å². The van der Waals surface area contributed by atoms with Crippen LogP contribution in [0, 0.1) is 0 Å². The van der Waals surface area contributed by atoms with Crippen molar-refractivity contribution >= 4 is 16.7 Å². The van der Waals surface area contributed by atoms with Crippen molar-refractivity contribution in [3.63, 3.8) is 0 Å². The fourth-order valence-corrected chi connectivity index (χ4v) is 3.51. The Bertz CT molecular complexity index is 898. The SMILES string of the molecule is O=C(c1cnccn1)N1CCC(c2ccc3ccccc3c2)C(O)C1. The number of aromatic nitrogens is 2. The van der Waals surface area contributed by atoms with Gasteiger partial charge in [-0.15, -0.1) is 0 Å². The number of carbonyl (C=O) groups is 1. The molecule has 1 aliphatic heterocycles. The van der Waals surface area contributed by atoms with Crippen LogP contribution in [0.1, 0.15) is 28.4 Å². The number of nitrogens with zero attached hydrogens (tertiary/aromatic N) is 3. The van der Waals surface area contributed by atoms with Crippen LogP contribution >= 0.6 is 0 Å². The van der Waals surface area contributed by atoms with Gasteiger partial charge in [0.15, 0.2) is 0 Å².